The predicted molar refractivity (Wildman–Crippen MR) is 58.3 cm³/mol. The zero-order chi connectivity index (χ0) is 16.1. The van der Waals surface area contributed by atoms with Gasteiger partial charge in [-0.1, -0.05) is 0 Å². The molecule has 0 N–H and O–H groups in total. The third-order valence-corrected chi connectivity index (χ3v) is 2.49. The third kappa shape index (κ3) is 5.17. The van der Waals surface area contributed by atoms with Crippen molar-refractivity contribution in [3.05, 3.63) is 18.2 Å². The van der Waals surface area contributed by atoms with E-state index >= 15 is 0 Å². The van der Waals surface area contributed by atoms with Gasteiger partial charge in [0.1, 0.15) is 12.4 Å². The van der Waals surface area contributed by atoms with Gasteiger partial charge in [-0.2, -0.15) is 13.2 Å². The van der Waals surface area contributed by atoms with Gasteiger partial charge in [0.15, 0.2) is 10.1 Å². The smallest absolute Gasteiger partial charge is 0.485 e. The van der Waals surface area contributed by atoms with E-state index in [0.29, 0.717) is 12.4 Å². The zero-order valence-electron chi connectivity index (χ0n) is 10.8. The quantitative estimate of drug-likeness (QED) is 0.333. The number of nitrogens with zero attached hydrogens (tertiary/aromatic N) is 2. The normalized spacial score (nSPS) is 11.6. The molecule has 20 heavy (non-hydrogen) atoms. The number of ether oxygens (including phenoxy) is 1. The lowest BCUT2D eigenvalue weighted by atomic mass is 10.6. The second-order valence-electron chi connectivity index (χ2n) is 3.46. The molecule has 0 bridgehead atoms. The maximum atomic E-state index is 11.3. The van der Waals surface area contributed by atoms with Gasteiger partial charge in [-0.05, 0) is 6.92 Å². The van der Waals surface area contributed by atoms with Crippen LogP contribution in [0.4, 0.5) is 13.2 Å². The Labute approximate surface area is 113 Å². The number of rotatable bonds is 2. The van der Waals surface area contributed by atoms with Crippen molar-refractivity contribution >= 4 is 16.1 Å². The van der Waals surface area contributed by atoms with Gasteiger partial charge >= 0.3 is 17.3 Å². The van der Waals surface area contributed by atoms with Crippen LogP contribution in [0.3, 0.4) is 0 Å². The van der Waals surface area contributed by atoms with Crippen molar-refractivity contribution in [1.29, 1.82) is 0 Å². The summed E-state index contributed by atoms with van der Waals surface area (Å²) in [7, 11) is -2.47. The van der Waals surface area contributed by atoms with E-state index in [1.54, 1.807) is 16.1 Å². The van der Waals surface area contributed by atoms with Crippen molar-refractivity contribution in [2.24, 2.45) is 14.1 Å². The number of carbonyl (C=O) groups excluding carboxylic acids is 1. The number of aryl methyl sites for hydroxylation is 2. The maximum Gasteiger partial charge on any atom is 0.485 e. The van der Waals surface area contributed by atoms with Crippen LogP contribution in [0.5, 0.6) is 0 Å². The molecule has 1 rings (SSSR count). The first-order chi connectivity index (χ1) is 8.91. The summed E-state index contributed by atoms with van der Waals surface area (Å²) in [6.07, 6.45) is 3.62. The van der Waals surface area contributed by atoms with Crippen LogP contribution in [-0.4, -0.2) is 35.6 Å². The number of alkyl halides is 3. The second-order valence-corrected chi connectivity index (χ2v) is 4.84. The molecule has 0 aliphatic rings. The fourth-order valence-corrected chi connectivity index (χ4v) is 1.07. The molecule has 0 fully saturated rings. The lowest BCUT2D eigenvalue weighted by molar-refractivity contribution is -0.673. The van der Waals surface area contributed by atoms with Gasteiger partial charge in [0.25, 0.3) is 0 Å². The fraction of sp³-hybridized carbons (Fsp3) is 0.556. The SMILES string of the molecule is CCOC(=O)c1n(C)cc[n+]1C.O=S(=O)([O-])C(F)(F)F. The fourth-order valence-electron chi connectivity index (χ4n) is 1.07. The molecule has 116 valence electrons. The summed E-state index contributed by atoms with van der Waals surface area (Å²) in [5.74, 6) is 0.268. The number of halogens is 3. The van der Waals surface area contributed by atoms with Crippen molar-refractivity contribution in [3.63, 3.8) is 0 Å². The van der Waals surface area contributed by atoms with Gasteiger partial charge in [-0.15, -0.1) is 0 Å². The average molecular weight is 318 g/mol. The van der Waals surface area contributed by atoms with Crippen LogP contribution in [0, 0.1) is 0 Å². The van der Waals surface area contributed by atoms with E-state index in [4.69, 9.17) is 17.7 Å². The molecule has 0 unspecified atom stereocenters. The van der Waals surface area contributed by atoms with Gasteiger partial charge in [0.2, 0.25) is 0 Å². The van der Waals surface area contributed by atoms with Crippen LogP contribution in [0.25, 0.3) is 0 Å². The molecule has 0 spiro atoms. The summed E-state index contributed by atoms with van der Waals surface area (Å²) < 4.78 is 67.2. The van der Waals surface area contributed by atoms with Crippen LogP contribution < -0.4 is 4.57 Å². The Balaban J connectivity index is 0.000000396. The van der Waals surface area contributed by atoms with E-state index in [9.17, 15) is 18.0 Å². The highest BCUT2D eigenvalue weighted by atomic mass is 32.2. The molecule has 0 radical (unpaired) electrons. The molecule has 0 aliphatic heterocycles. The largest absolute Gasteiger partial charge is 0.741 e. The molecule has 7 nitrogen and oxygen atoms in total. The van der Waals surface area contributed by atoms with E-state index < -0.39 is 15.6 Å². The van der Waals surface area contributed by atoms with E-state index in [1.807, 2.05) is 26.5 Å². The summed E-state index contributed by atoms with van der Waals surface area (Å²) in [6.45, 7) is 2.20. The van der Waals surface area contributed by atoms with E-state index in [1.165, 1.54) is 0 Å². The zero-order valence-corrected chi connectivity index (χ0v) is 11.7. The average Bonchev–Trinajstić information content (AvgIpc) is 2.56. The molecule has 0 saturated heterocycles. The van der Waals surface area contributed by atoms with Gasteiger partial charge in [-0.25, -0.2) is 22.3 Å². The van der Waals surface area contributed by atoms with E-state index in [-0.39, 0.29) is 5.97 Å². The molecule has 0 aliphatic carbocycles. The Morgan fingerprint density at radius 1 is 1.50 bits per heavy atom. The molecule has 0 aromatic carbocycles. The van der Waals surface area contributed by atoms with Gasteiger partial charge in [0, 0.05) is 0 Å². The number of imidazole rings is 1. The minimum absolute atomic E-state index is 0.285. The van der Waals surface area contributed by atoms with Crippen molar-refractivity contribution in [3.8, 4) is 0 Å². The molecular weight excluding hydrogens is 305 g/mol. The van der Waals surface area contributed by atoms with Crippen molar-refractivity contribution in [2.45, 2.75) is 12.4 Å². The van der Waals surface area contributed by atoms with Crippen LogP contribution in [0.15, 0.2) is 12.4 Å². The second kappa shape index (κ2) is 6.70. The first kappa shape index (κ1) is 18.4. The van der Waals surface area contributed by atoms with Crippen molar-refractivity contribution < 1.29 is 40.2 Å². The summed E-state index contributed by atoms with van der Waals surface area (Å²) in [5, 5.41) is 0. The van der Waals surface area contributed by atoms with Gasteiger partial charge < -0.3 is 9.29 Å². The molecule has 0 atom stereocenters. The van der Waals surface area contributed by atoms with Crippen molar-refractivity contribution in [2.75, 3.05) is 6.61 Å². The lowest BCUT2D eigenvalue weighted by Gasteiger charge is -2.08. The first-order valence-corrected chi connectivity index (χ1v) is 6.52. The summed E-state index contributed by atoms with van der Waals surface area (Å²) in [6, 6.07) is 0. The maximum absolute atomic E-state index is 11.3. The van der Waals surface area contributed by atoms with Gasteiger partial charge in [0.05, 0.1) is 20.7 Å². The van der Waals surface area contributed by atoms with Crippen LogP contribution in [-0.2, 0) is 29.0 Å². The Morgan fingerprint density at radius 2 is 1.95 bits per heavy atom. The molecule has 1 aromatic rings. The Hall–Kier alpha value is -1.62. The van der Waals surface area contributed by atoms with Crippen LogP contribution in [0.1, 0.15) is 17.5 Å². The van der Waals surface area contributed by atoms with Gasteiger partial charge in [-0.3, -0.25) is 0 Å². The highest BCUT2D eigenvalue weighted by Gasteiger charge is 2.36. The standard InChI is InChI=1S/C8H13N2O2.CHF3O3S/c1-4-12-8(11)7-9(2)5-6-10(7)3;2-1(3,4)8(5,6)7/h5-6H,4H2,1-3H3;(H,5,6,7)/q+1;/p-1. The highest BCUT2D eigenvalue weighted by Crippen LogP contribution is 2.20. The Bertz CT molecular complexity index is 545. The predicted octanol–water partition coefficient (Wildman–Crippen LogP) is 0.0777. The highest BCUT2D eigenvalue weighted by molar-refractivity contribution is 7.86. The molecule has 11 heteroatoms. The molecule has 1 heterocycles. The minimum atomic E-state index is -6.09. The minimum Gasteiger partial charge on any atom is -0.741 e. The first-order valence-electron chi connectivity index (χ1n) is 5.12. The third-order valence-electron chi connectivity index (χ3n) is 1.92. The number of hydrogen-bond acceptors (Lipinski definition) is 5. The van der Waals surface area contributed by atoms with Crippen LogP contribution >= 0.6 is 0 Å². The molecule has 0 saturated carbocycles. The summed E-state index contributed by atoms with van der Waals surface area (Å²) in [4.78, 5) is 11.3. The number of aromatic nitrogens is 2. The molecule has 1 aromatic heterocycles. The Morgan fingerprint density at radius 3 is 2.20 bits per heavy atom. The Kier molecular flexibility index (Phi) is 6.16. The van der Waals surface area contributed by atoms with Crippen molar-refractivity contribution in [1.82, 2.24) is 4.57 Å². The summed E-state index contributed by atoms with van der Waals surface area (Å²) >= 11 is 0. The van der Waals surface area contributed by atoms with E-state index in [0.717, 1.165) is 0 Å². The molecular formula is C9H13F3N2O5S. The number of hydrogen-bond donors (Lipinski definition) is 0. The summed E-state index contributed by atoms with van der Waals surface area (Å²) in [5.41, 5.74) is -5.65. The number of esters is 1. The number of carbonyl (C=O) groups is 1. The lowest BCUT2D eigenvalue weighted by Crippen LogP contribution is -2.35. The molecule has 0 amide bonds. The van der Waals surface area contributed by atoms with Crippen LogP contribution in [0.2, 0.25) is 0 Å². The topological polar surface area (TPSA) is 92.3 Å². The monoisotopic (exact) mass is 318 g/mol. The van der Waals surface area contributed by atoms with E-state index in [2.05, 4.69) is 0 Å².